The third kappa shape index (κ3) is 9.90. The van der Waals surface area contributed by atoms with Gasteiger partial charge in [0.25, 0.3) is 11.8 Å². The molecule has 0 saturated carbocycles. The van der Waals surface area contributed by atoms with E-state index in [0.29, 0.717) is 5.06 Å². The van der Waals surface area contributed by atoms with E-state index >= 15 is 0 Å². The Morgan fingerprint density at radius 3 is 1.87 bits per heavy atom. The Morgan fingerprint density at radius 1 is 0.867 bits per heavy atom. The minimum absolute atomic E-state index is 0.143. The first-order chi connectivity index (χ1) is 14.6. The summed E-state index contributed by atoms with van der Waals surface area (Å²) in [5.74, 6) is -0.419. The van der Waals surface area contributed by atoms with Gasteiger partial charge in [0, 0.05) is 19.3 Å². The van der Waals surface area contributed by atoms with Crippen LogP contribution in [-0.2, 0) is 19.2 Å². The predicted octanol–water partition coefficient (Wildman–Crippen LogP) is 6.41. The van der Waals surface area contributed by atoms with Crippen LogP contribution < -0.4 is 0 Å². The van der Waals surface area contributed by atoms with Crippen LogP contribution in [0.4, 0.5) is 0 Å². The molecule has 1 saturated heterocycles. The molecule has 2 amide bonds. The number of hydrogen-bond donors (Lipinski definition) is 0. The molecular formula is C25H41NO4. The summed E-state index contributed by atoms with van der Waals surface area (Å²) in [6, 6.07) is 0. The quantitative estimate of drug-likeness (QED) is 0.165. The van der Waals surface area contributed by atoms with Gasteiger partial charge in [0.05, 0.1) is 0 Å². The van der Waals surface area contributed by atoms with E-state index in [1.807, 2.05) is 0 Å². The fraction of sp³-hybridized carbons (Fsp3) is 0.800. The second kappa shape index (κ2) is 14.4. The molecule has 2 aliphatic rings. The van der Waals surface area contributed by atoms with Crippen molar-refractivity contribution in [2.45, 2.75) is 122 Å². The normalized spacial score (nSPS) is 18.9. The van der Waals surface area contributed by atoms with E-state index < -0.39 is 17.8 Å². The Balaban J connectivity index is 1.29. The van der Waals surface area contributed by atoms with Gasteiger partial charge in [-0.25, -0.2) is 4.79 Å². The number of imide groups is 1. The largest absolute Gasteiger partial charge is 0.333 e. The van der Waals surface area contributed by atoms with Crippen molar-refractivity contribution in [2.75, 3.05) is 0 Å². The Labute approximate surface area is 182 Å². The molecule has 0 aromatic carbocycles. The summed E-state index contributed by atoms with van der Waals surface area (Å²) in [7, 11) is 0. The molecule has 1 aliphatic carbocycles. The van der Waals surface area contributed by atoms with Crippen molar-refractivity contribution in [3.05, 3.63) is 11.6 Å². The van der Waals surface area contributed by atoms with Gasteiger partial charge in [0.2, 0.25) is 0 Å². The lowest BCUT2D eigenvalue weighted by atomic mass is 10.0. The molecular weight excluding hydrogens is 378 g/mol. The first-order valence-corrected chi connectivity index (χ1v) is 12.3. The highest BCUT2D eigenvalue weighted by atomic mass is 16.7. The fourth-order valence-electron chi connectivity index (χ4n) is 4.38. The molecule has 5 nitrogen and oxygen atoms in total. The highest BCUT2D eigenvalue weighted by molar-refractivity contribution is 6.01. The van der Waals surface area contributed by atoms with Gasteiger partial charge in [-0.3, -0.25) is 9.59 Å². The van der Waals surface area contributed by atoms with Gasteiger partial charge in [0.1, 0.15) is 0 Å². The first-order valence-electron chi connectivity index (χ1n) is 12.3. The van der Waals surface area contributed by atoms with Crippen LogP contribution in [0.25, 0.3) is 0 Å². The number of amides is 2. The number of carbonyl (C=O) groups excluding carboxylic acids is 3. The maximum atomic E-state index is 11.7. The molecule has 1 unspecified atom stereocenters. The van der Waals surface area contributed by atoms with Crippen LogP contribution in [0.2, 0.25) is 0 Å². The molecule has 0 aromatic heterocycles. The summed E-state index contributed by atoms with van der Waals surface area (Å²) < 4.78 is 0. The minimum atomic E-state index is -0.479. The molecule has 1 atom stereocenters. The average Bonchev–Trinajstić information content (AvgIpc) is 3.28. The van der Waals surface area contributed by atoms with Gasteiger partial charge >= 0.3 is 5.97 Å². The molecule has 30 heavy (non-hydrogen) atoms. The van der Waals surface area contributed by atoms with Crippen LogP contribution in [0.5, 0.6) is 0 Å². The lowest BCUT2D eigenvalue weighted by Crippen LogP contribution is -2.31. The van der Waals surface area contributed by atoms with Crippen LogP contribution in [-0.4, -0.2) is 22.8 Å². The summed E-state index contributed by atoms with van der Waals surface area (Å²) >= 11 is 0. The third-order valence-corrected chi connectivity index (χ3v) is 6.25. The van der Waals surface area contributed by atoms with Crippen LogP contribution in [0.3, 0.4) is 0 Å². The summed E-state index contributed by atoms with van der Waals surface area (Å²) in [6.45, 7) is 2.35. The molecule has 0 spiro atoms. The van der Waals surface area contributed by atoms with Crippen molar-refractivity contribution in [3.63, 3.8) is 0 Å². The standard InChI is InChI=1S/C25H41NO4/c1-21-16-17-22(20-21)14-12-10-8-6-4-2-3-5-7-9-11-13-15-25(29)30-26-23(27)18-19-24(26)28/h17,21H,2-16,18-20H2,1H3. The highest BCUT2D eigenvalue weighted by Gasteiger charge is 2.32. The van der Waals surface area contributed by atoms with E-state index in [2.05, 4.69) is 13.0 Å². The van der Waals surface area contributed by atoms with Crippen molar-refractivity contribution in [2.24, 2.45) is 5.92 Å². The zero-order valence-corrected chi connectivity index (χ0v) is 19.0. The Hall–Kier alpha value is -1.65. The van der Waals surface area contributed by atoms with E-state index in [-0.39, 0.29) is 19.3 Å². The summed E-state index contributed by atoms with van der Waals surface area (Å²) in [4.78, 5) is 39.4. The summed E-state index contributed by atoms with van der Waals surface area (Å²) in [5, 5.41) is 0.635. The molecule has 1 heterocycles. The third-order valence-electron chi connectivity index (χ3n) is 6.25. The average molecular weight is 420 g/mol. The van der Waals surface area contributed by atoms with E-state index in [4.69, 9.17) is 4.84 Å². The number of rotatable bonds is 16. The lowest BCUT2D eigenvalue weighted by molar-refractivity contribution is -0.197. The van der Waals surface area contributed by atoms with Crippen molar-refractivity contribution in [3.8, 4) is 0 Å². The molecule has 1 fully saturated rings. The zero-order valence-electron chi connectivity index (χ0n) is 19.0. The number of nitrogens with zero attached hydrogens (tertiary/aromatic N) is 1. The maximum absolute atomic E-state index is 11.7. The molecule has 0 aromatic rings. The topological polar surface area (TPSA) is 63.7 Å². The van der Waals surface area contributed by atoms with Crippen LogP contribution in [0, 0.1) is 5.92 Å². The molecule has 0 bridgehead atoms. The molecule has 2 rings (SSSR count). The molecule has 0 radical (unpaired) electrons. The monoisotopic (exact) mass is 419 g/mol. The molecule has 0 N–H and O–H groups in total. The van der Waals surface area contributed by atoms with Crippen molar-refractivity contribution in [1.29, 1.82) is 0 Å². The summed E-state index contributed by atoms with van der Waals surface area (Å²) in [5.41, 5.74) is 1.70. The van der Waals surface area contributed by atoms with Crippen LogP contribution in [0.1, 0.15) is 122 Å². The van der Waals surface area contributed by atoms with Gasteiger partial charge in [-0.1, -0.05) is 82.8 Å². The van der Waals surface area contributed by atoms with E-state index in [9.17, 15) is 14.4 Å². The Kier molecular flexibility index (Phi) is 11.8. The van der Waals surface area contributed by atoms with Crippen molar-refractivity contribution in [1.82, 2.24) is 5.06 Å². The molecule has 170 valence electrons. The Morgan fingerprint density at radius 2 is 1.37 bits per heavy atom. The number of hydrogen-bond acceptors (Lipinski definition) is 4. The van der Waals surface area contributed by atoms with Gasteiger partial charge in [0.15, 0.2) is 0 Å². The van der Waals surface area contributed by atoms with Crippen LogP contribution in [0.15, 0.2) is 11.6 Å². The number of hydroxylamine groups is 2. The zero-order chi connectivity index (χ0) is 21.6. The lowest BCUT2D eigenvalue weighted by Gasteiger charge is -2.12. The Bertz CT molecular complexity index is 568. The number of unbranched alkanes of at least 4 members (excludes halogenated alkanes) is 11. The van der Waals surface area contributed by atoms with Gasteiger partial charge < -0.3 is 4.84 Å². The van der Waals surface area contributed by atoms with E-state index in [0.717, 1.165) is 25.2 Å². The predicted molar refractivity (Wildman–Crippen MR) is 118 cm³/mol. The van der Waals surface area contributed by atoms with Gasteiger partial charge in [-0.05, 0) is 38.0 Å². The van der Waals surface area contributed by atoms with Crippen LogP contribution >= 0.6 is 0 Å². The van der Waals surface area contributed by atoms with E-state index in [1.54, 1.807) is 5.57 Å². The van der Waals surface area contributed by atoms with Crippen molar-refractivity contribution < 1.29 is 19.2 Å². The van der Waals surface area contributed by atoms with E-state index in [1.165, 1.54) is 77.0 Å². The molecule has 1 aliphatic heterocycles. The summed E-state index contributed by atoms with van der Waals surface area (Å²) in [6.07, 6.45) is 21.9. The number of allylic oxidation sites excluding steroid dienone is 2. The SMILES string of the molecule is CC1CC=C(CCCCCCCCCCCCCCC(=O)ON2C(=O)CCC2=O)C1. The first kappa shape index (κ1) is 24.6. The number of carbonyl (C=O) groups is 3. The fourth-order valence-corrected chi connectivity index (χ4v) is 4.38. The smallest absolute Gasteiger partial charge is 0.330 e. The second-order valence-electron chi connectivity index (χ2n) is 9.20. The maximum Gasteiger partial charge on any atom is 0.333 e. The van der Waals surface area contributed by atoms with Crippen molar-refractivity contribution >= 4 is 17.8 Å². The second-order valence-corrected chi connectivity index (χ2v) is 9.20. The van der Waals surface area contributed by atoms with Gasteiger partial charge in [-0.2, -0.15) is 0 Å². The molecule has 5 heteroatoms. The van der Waals surface area contributed by atoms with Gasteiger partial charge in [-0.15, -0.1) is 5.06 Å². The minimum Gasteiger partial charge on any atom is -0.330 e. The highest BCUT2D eigenvalue weighted by Crippen LogP contribution is 2.28.